The fraction of sp³-hybridized carbons (Fsp3) is 0.455. The maximum Gasteiger partial charge on any atom is 0.188 e. The lowest BCUT2D eigenvalue weighted by molar-refractivity contribution is 0.122. The SMILES string of the molecule is ClC(Cl)c1ccc2sc(N3CCOCC3)nc2n1. The molecule has 2 aromatic heterocycles. The topological polar surface area (TPSA) is 38.2 Å². The summed E-state index contributed by atoms with van der Waals surface area (Å²) >= 11 is 13.3. The van der Waals surface area contributed by atoms with Crippen LogP contribution in [0.2, 0.25) is 0 Å². The highest BCUT2D eigenvalue weighted by Crippen LogP contribution is 2.31. The molecule has 0 unspecified atom stereocenters. The van der Waals surface area contributed by atoms with Crippen molar-refractivity contribution in [1.29, 1.82) is 0 Å². The number of hydrogen-bond acceptors (Lipinski definition) is 5. The van der Waals surface area contributed by atoms with Crippen LogP contribution in [-0.4, -0.2) is 36.3 Å². The van der Waals surface area contributed by atoms with Crippen LogP contribution in [0.25, 0.3) is 10.3 Å². The smallest absolute Gasteiger partial charge is 0.188 e. The van der Waals surface area contributed by atoms with Gasteiger partial charge in [0.15, 0.2) is 10.8 Å². The standard InChI is InChI=1S/C11H11Cl2N3OS/c12-9(13)7-1-2-8-10(14-7)15-11(18-8)16-3-5-17-6-4-16/h1-2,9H,3-6H2. The zero-order valence-corrected chi connectivity index (χ0v) is 11.8. The minimum atomic E-state index is -0.608. The summed E-state index contributed by atoms with van der Waals surface area (Å²) < 4.78 is 6.38. The van der Waals surface area contributed by atoms with Gasteiger partial charge in [-0.25, -0.2) is 4.98 Å². The van der Waals surface area contributed by atoms with E-state index in [1.54, 1.807) is 11.3 Å². The molecule has 96 valence electrons. The van der Waals surface area contributed by atoms with Gasteiger partial charge in [0.05, 0.1) is 23.6 Å². The van der Waals surface area contributed by atoms with E-state index in [1.807, 2.05) is 12.1 Å². The monoisotopic (exact) mass is 303 g/mol. The van der Waals surface area contributed by atoms with E-state index >= 15 is 0 Å². The van der Waals surface area contributed by atoms with E-state index in [0.717, 1.165) is 36.1 Å². The number of nitrogens with zero attached hydrogens (tertiary/aromatic N) is 3. The Hall–Kier alpha value is -0.620. The first-order valence-corrected chi connectivity index (χ1v) is 7.31. The van der Waals surface area contributed by atoms with Crippen molar-refractivity contribution in [3.05, 3.63) is 17.8 Å². The predicted molar refractivity (Wildman–Crippen MR) is 74.9 cm³/mol. The number of hydrogen-bond donors (Lipinski definition) is 0. The summed E-state index contributed by atoms with van der Waals surface area (Å²) in [6.07, 6.45) is 0. The molecule has 0 saturated carbocycles. The van der Waals surface area contributed by atoms with E-state index in [1.165, 1.54) is 0 Å². The van der Waals surface area contributed by atoms with Gasteiger partial charge in [0.1, 0.15) is 4.84 Å². The van der Waals surface area contributed by atoms with E-state index in [4.69, 9.17) is 27.9 Å². The molecule has 0 aliphatic carbocycles. The molecule has 7 heteroatoms. The summed E-state index contributed by atoms with van der Waals surface area (Å²) in [4.78, 5) is 10.5. The Balaban J connectivity index is 1.94. The van der Waals surface area contributed by atoms with Gasteiger partial charge in [0, 0.05) is 13.1 Å². The van der Waals surface area contributed by atoms with Crippen LogP contribution < -0.4 is 4.90 Å². The van der Waals surface area contributed by atoms with Crippen molar-refractivity contribution in [3.63, 3.8) is 0 Å². The third kappa shape index (κ3) is 2.40. The molecule has 0 aromatic carbocycles. The molecule has 0 radical (unpaired) electrons. The molecule has 0 amide bonds. The summed E-state index contributed by atoms with van der Waals surface area (Å²) in [5, 5.41) is 0.985. The largest absolute Gasteiger partial charge is 0.378 e. The highest BCUT2D eigenvalue weighted by atomic mass is 35.5. The zero-order chi connectivity index (χ0) is 12.5. The molecule has 2 aromatic rings. The van der Waals surface area contributed by atoms with Crippen LogP contribution >= 0.6 is 34.5 Å². The van der Waals surface area contributed by atoms with Gasteiger partial charge in [0.2, 0.25) is 0 Å². The average molecular weight is 304 g/mol. The van der Waals surface area contributed by atoms with Crippen LogP contribution in [0.5, 0.6) is 0 Å². The Morgan fingerprint density at radius 2 is 2.00 bits per heavy atom. The second kappa shape index (κ2) is 5.17. The molecular formula is C11H11Cl2N3OS. The molecule has 0 spiro atoms. The van der Waals surface area contributed by atoms with E-state index in [-0.39, 0.29) is 0 Å². The average Bonchev–Trinajstić information content (AvgIpc) is 2.82. The van der Waals surface area contributed by atoms with Gasteiger partial charge in [-0.1, -0.05) is 34.5 Å². The molecule has 3 heterocycles. The van der Waals surface area contributed by atoms with Gasteiger partial charge < -0.3 is 9.64 Å². The highest BCUT2D eigenvalue weighted by molar-refractivity contribution is 7.22. The fourth-order valence-electron chi connectivity index (χ4n) is 1.83. The number of thiazole rings is 1. The number of aromatic nitrogens is 2. The number of alkyl halides is 2. The maximum absolute atomic E-state index is 5.81. The van der Waals surface area contributed by atoms with E-state index in [0.29, 0.717) is 11.3 Å². The Kier molecular flexibility index (Phi) is 3.56. The van der Waals surface area contributed by atoms with Crippen molar-refractivity contribution in [3.8, 4) is 0 Å². The molecule has 18 heavy (non-hydrogen) atoms. The van der Waals surface area contributed by atoms with Crippen molar-refractivity contribution in [2.45, 2.75) is 4.84 Å². The van der Waals surface area contributed by atoms with Crippen LogP contribution in [0.4, 0.5) is 5.13 Å². The van der Waals surface area contributed by atoms with Gasteiger partial charge in [-0.05, 0) is 12.1 Å². The summed E-state index contributed by atoms with van der Waals surface area (Å²) in [5.74, 6) is 0. The second-order valence-corrected chi connectivity index (χ2v) is 6.06. The van der Waals surface area contributed by atoms with Crippen molar-refractivity contribution < 1.29 is 4.74 Å². The Morgan fingerprint density at radius 1 is 1.22 bits per heavy atom. The van der Waals surface area contributed by atoms with E-state index < -0.39 is 4.84 Å². The molecule has 4 nitrogen and oxygen atoms in total. The minimum absolute atomic E-state index is 0.608. The molecule has 0 N–H and O–H groups in total. The molecule has 1 aliphatic heterocycles. The Labute approximate surface area is 118 Å². The number of rotatable bonds is 2. The van der Waals surface area contributed by atoms with Gasteiger partial charge in [-0.2, -0.15) is 4.98 Å². The lowest BCUT2D eigenvalue weighted by atomic mass is 10.4. The van der Waals surface area contributed by atoms with Gasteiger partial charge in [0.25, 0.3) is 0 Å². The van der Waals surface area contributed by atoms with Crippen molar-refractivity contribution in [1.82, 2.24) is 9.97 Å². The second-order valence-electron chi connectivity index (χ2n) is 3.95. The highest BCUT2D eigenvalue weighted by Gasteiger charge is 2.16. The van der Waals surface area contributed by atoms with E-state index in [9.17, 15) is 0 Å². The molecular weight excluding hydrogens is 293 g/mol. The van der Waals surface area contributed by atoms with Gasteiger partial charge >= 0.3 is 0 Å². The van der Waals surface area contributed by atoms with Crippen LogP contribution in [0, 0.1) is 0 Å². The molecule has 1 fully saturated rings. The Morgan fingerprint density at radius 3 is 2.72 bits per heavy atom. The zero-order valence-electron chi connectivity index (χ0n) is 9.47. The molecule has 3 rings (SSSR count). The summed E-state index contributed by atoms with van der Waals surface area (Å²) in [5.41, 5.74) is 1.36. The van der Waals surface area contributed by atoms with Crippen LogP contribution in [0.15, 0.2) is 12.1 Å². The minimum Gasteiger partial charge on any atom is -0.378 e. The summed E-state index contributed by atoms with van der Waals surface area (Å²) in [7, 11) is 0. The molecule has 1 aliphatic rings. The number of anilines is 1. The van der Waals surface area contributed by atoms with Crippen LogP contribution in [-0.2, 0) is 4.74 Å². The third-order valence-corrected chi connectivity index (χ3v) is 4.29. The Bertz CT molecular complexity index is 554. The lowest BCUT2D eigenvalue weighted by Crippen LogP contribution is -2.36. The van der Waals surface area contributed by atoms with Crippen molar-refractivity contribution >= 4 is 50.0 Å². The molecule has 0 atom stereocenters. The van der Waals surface area contributed by atoms with Gasteiger partial charge in [-0.15, -0.1) is 0 Å². The molecule has 1 saturated heterocycles. The fourth-order valence-corrected chi connectivity index (χ4v) is 3.04. The first-order chi connectivity index (χ1) is 8.74. The lowest BCUT2D eigenvalue weighted by Gasteiger charge is -2.25. The number of halogens is 2. The first kappa shape index (κ1) is 12.4. The summed E-state index contributed by atoms with van der Waals surface area (Å²) in [6.45, 7) is 3.25. The van der Waals surface area contributed by atoms with Crippen molar-refractivity contribution in [2.75, 3.05) is 31.2 Å². The number of pyridine rings is 1. The van der Waals surface area contributed by atoms with E-state index in [2.05, 4.69) is 14.9 Å². The number of ether oxygens (including phenoxy) is 1. The normalized spacial score (nSPS) is 16.7. The van der Waals surface area contributed by atoms with Crippen LogP contribution in [0.3, 0.4) is 0 Å². The number of fused-ring (bicyclic) bond motifs is 1. The van der Waals surface area contributed by atoms with Gasteiger partial charge in [-0.3, -0.25) is 0 Å². The quantitative estimate of drug-likeness (QED) is 0.800. The van der Waals surface area contributed by atoms with Crippen LogP contribution in [0.1, 0.15) is 10.5 Å². The predicted octanol–water partition coefficient (Wildman–Crippen LogP) is 3.00. The molecule has 0 bridgehead atoms. The third-order valence-electron chi connectivity index (χ3n) is 2.77. The van der Waals surface area contributed by atoms with Crippen molar-refractivity contribution in [2.24, 2.45) is 0 Å². The first-order valence-electron chi connectivity index (χ1n) is 5.62. The summed E-state index contributed by atoms with van der Waals surface area (Å²) in [6, 6.07) is 3.81. The maximum atomic E-state index is 5.81. The number of morpholine rings is 1.